The van der Waals surface area contributed by atoms with Crippen molar-refractivity contribution in [2.45, 2.75) is 13.8 Å². The summed E-state index contributed by atoms with van der Waals surface area (Å²) < 4.78 is 1.66. The van der Waals surface area contributed by atoms with E-state index in [4.69, 9.17) is 23.2 Å². The van der Waals surface area contributed by atoms with Crippen molar-refractivity contribution in [3.05, 3.63) is 33.8 Å². The molecule has 0 aromatic carbocycles. The van der Waals surface area contributed by atoms with Gasteiger partial charge in [-0.1, -0.05) is 23.2 Å². The molecule has 0 unspecified atom stereocenters. The number of nitrogens with zero attached hydrogens (tertiary/aromatic N) is 4. The van der Waals surface area contributed by atoms with Crippen molar-refractivity contribution in [1.82, 2.24) is 20.0 Å². The van der Waals surface area contributed by atoms with Crippen LogP contribution in [0.15, 0.2) is 12.3 Å². The van der Waals surface area contributed by atoms with Gasteiger partial charge in [0.05, 0.1) is 22.6 Å². The first kappa shape index (κ1) is 10.4. The minimum atomic E-state index is 0.305. The number of rotatable bonds is 1. The normalized spacial score (nSPS) is 10.7. The van der Waals surface area contributed by atoms with Gasteiger partial charge in [-0.25, -0.2) is 4.68 Å². The fraction of sp³-hybridized carbons (Fsp3) is 0.222. The van der Waals surface area contributed by atoms with Crippen LogP contribution in [0.25, 0.3) is 5.69 Å². The van der Waals surface area contributed by atoms with Gasteiger partial charge in [0.1, 0.15) is 5.69 Å². The fourth-order valence-electron chi connectivity index (χ4n) is 1.32. The molecule has 0 spiro atoms. The zero-order valence-electron chi connectivity index (χ0n) is 8.20. The molecule has 6 heteroatoms. The third-order valence-corrected chi connectivity index (χ3v) is 2.90. The van der Waals surface area contributed by atoms with Gasteiger partial charge in [0.2, 0.25) is 0 Å². The van der Waals surface area contributed by atoms with E-state index in [2.05, 4.69) is 15.3 Å². The number of halogens is 2. The molecule has 0 saturated carbocycles. The SMILES string of the molecule is Cc1nn(-c2ccnnc2Cl)c(C)c1Cl. The summed E-state index contributed by atoms with van der Waals surface area (Å²) in [5.74, 6) is 0. The van der Waals surface area contributed by atoms with Crippen LogP contribution in [0, 0.1) is 13.8 Å². The molecular weight excluding hydrogens is 235 g/mol. The lowest BCUT2D eigenvalue weighted by molar-refractivity contribution is 0.819. The molecule has 2 heterocycles. The number of hydrogen-bond acceptors (Lipinski definition) is 3. The maximum atomic E-state index is 6.04. The molecule has 0 bridgehead atoms. The highest BCUT2D eigenvalue weighted by atomic mass is 35.5. The predicted molar refractivity (Wildman–Crippen MR) is 58.6 cm³/mol. The Labute approximate surface area is 96.8 Å². The number of aryl methyl sites for hydroxylation is 1. The van der Waals surface area contributed by atoms with Crippen LogP contribution >= 0.6 is 23.2 Å². The van der Waals surface area contributed by atoms with Crippen molar-refractivity contribution in [3.63, 3.8) is 0 Å². The first-order valence-electron chi connectivity index (χ1n) is 4.30. The molecule has 0 fully saturated rings. The summed E-state index contributed by atoms with van der Waals surface area (Å²) in [4.78, 5) is 0. The van der Waals surface area contributed by atoms with Gasteiger partial charge >= 0.3 is 0 Å². The van der Waals surface area contributed by atoms with Crippen LogP contribution in [-0.2, 0) is 0 Å². The van der Waals surface area contributed by atoms with Gasteiger partial charge in [0.25, 0.3) is 0 Å². The van der Waals surface area contributed by atoms with Crippen LogP contribution in [0.2, 0.25) is 10.2 Å². The van der Waals surface area contributed by atoms with Crippen molar-refractivity contribution in [1.29, 1.82) is 0 Å². The lowest BCUT2D eigenvalue weighted by Crippen LogP contribution is -2.01. The van der Waals surface area contributed by atoms with Gasteiger partial charge in [0, 0.05) is 0 Å². The van der Waals surface area contributed by atoms with E-state index in [9.17, 15) is 0 Å². The summed E-state index contributed by atoms with van der Waals surface area (Å²) in [5, 5.41) is 12.6. The largest absolute Gasteiger partial charge is 0.233 e. The number of hydrogen-bond donors (Lipinski definition) is 0. The second kappa shape index (κ2) is 3.79. The maximum Gasteiger partial charge on any atom is 0.177 e. The Morgan fingerprint density at radius 2 is 2.00 bits per heavy atom. The molecule has 2 aromatic heterocycles. The Morgan fingerprint density at radius 1 is 1.27 bits per heavy atom. The number of aromatic nitrogens is 4. The topological polar surface area (TPSA) is 43.6 Å². The van der Waals surface area contributed by atoms with E-state index in [0.717, 1.165) is 11.4 Å². The standard InChI is InChI=1S/C9H8Cl2N4/c1-5-8(10)6(2)15(14-5)7-3-4-12-13-9(7)11/h3-4H,1-2H3. The minimum Gasteiger partial charge on any atom is -0.233 e. The average Bonchev–Trinajstić information content (AvgIpc) is 2.47. The van der Waals surface area contributed by atoms with E-state index in [1.54, 1.807) is 16.9 Å². The zero-order chi connectivity index (χ0) is 11.0. The monoisotopic (exact) mass is 242 g/mol. The Kier molecular flexibility index (Phi) is 2.63. The molecule has 2 aromatic rings. The smallest absolute Gasteiger partial charge is 0.177 e. The van der Waals surface area contributed by atoms with Crippen LogP contribution in [0.1, 0.15) is 11.4 Å². The zero-order valence-corrected chi connectivity index (χ0v) is 9.71. The van der Waals surface area contributed by atoms with E-state index >= 15 is 0 Å². The van der Waals surface area contributed by atoms with Crippen molar-refractivity contribution in [2.24, 2.45) is 0 Å². The highest BCUT2D eigenvalue weighted by Crippen LogP contribution is 2.24. The van der Waals surface area contributed by atoms with Crippen molar-refractivity contribution < 1.29 is 0 Å². The third-order valence-electron chi connectivity index (χ3n) is 2.09. The molecule has 0 aliphatic rings. The summed E-state index contributed by atoms with van der Waals surface area (Å²) in [5.41, 5.74) is 2.28. The summed E-state index contributed by atoms with van der Waals surface area (Å²) in [6.45, 7) is 3.72. The van der Waals surface area contributed by atoms with Gasteiger partial charge in [-0.15, -0.1) is 5.10 Å². The summed E-state index contributed by atoms with van der Waals surface area (Å²) in [7, 11) is 0. The lowest BCUT2D eigenvalue weighted by atomic mass is 10.4. The molecule has 4 nitrogen and oxygen atoms in total. The van der Waals surface area contributed by atoms with Gasteiger partial charge in [-0.3, -0.25) is 0 Å². The predicted octanol–water partition coefficient (Wildman–Crippen LogP) is 2.59. The summed E-state index contributed by atoms with van der Waals surface area (Å²) in [6, 6.07) is 1.74. The van der Waals surface area contributed by atoms with Gasteiger partial charge in [0.15, 0.2) is 5.15 Å². The minimum absolute atomic E-state index is 0.305. The average molecular weight is 243 g/mol. The van der Waals surface area contributed by atoms with E-state index in [1.807, 2.05) is 13.8 Å². The molecule has 0 atom stereocenters. The van der Waals surface area contributed by atoms with Crippen molar-refractivity contribution in [2.75, 3.05) is 0 Å². The van der Waals surface area contributed by atoms with Gasteiger partial charge < -0.3 is 0 Å². The third kappa shape index (κ3) is 1.70. The van der Waals surface area contributed by atoms with E-state index in [0.29, 0.717) is 15.9 Å². The Morgan fingerprint density at radius 3 is 2.53 bits per heavy atom. The molecule has 78 valence electrons. The fourth-order valence-corrected chi connectivity index (χ4v) is 1.63. The lowest BCUT2D eigenvalue weighted by Gasteiger charge is -2.04. The quantitative estimate of drug-likeness (QED) is 0.773. The first-order valence-corrected chi connectivity index (χ1v) is 5.06. The molecular formula is C9H8Cl2N4. The molecule has 0 saturated heterocycles. The van der Waals surface area contributed by atoms with Crippen molar-refractivity contribution in [3.8, 4) is 5.69 Å². The molecule has 0 aliphatic heterocycles. The van der Waals surface area contributed by atoms with E-state index in [-0.39, 0.29) is 0 Å². The Balaban J connectivity index is 2.65. The van der Waals surface area contributed by atoms with E-state index < -0.39 is 0 Å². The second-order valence-electron chi connectivity index (χ2n) is 3.10. The summed E-state index contributed by atoms with van der Waals surface area (Å²) in [6.07, 6.45) is 1.56. The molecule has 2 rings (SSSR count). The Bertz CT molecular complexity index is 507. The van der Waals surface area contributed by atoms with Gasteiger partial charge in [-0.2, -0.15) is 10.2 Å². The van der Waals surface area contributed by atoms with Crippen LogP contribution in [0.5, 0.6) is 0 Å². The summed E-state index contributed by atoms with van der Waals surface area (Å²) >= 11 is 12.0. The van der Waals surface area contributed by atoms with Gasteiger partial charge in [-0.05, 0) is 19.9 Å². The van der Waals surface area contributed by atoms with Crippen LogP contribution in [0.3, 0.4) is 0 Å². The molecule has 0 aliphatic carbocycles. The van der Waals surface area contributed by atoms with Crippen LogP contribution < -0.4 is 0 Å². The Hall–Kier alpha value is -1.13. The van der Waals surface area contributed by atoms with E-state index in [1.165, 1.54) is 0 Å². The molecule has 15 heavy (non-hydrogen) atoms. The molecule has 0 radical (unpaired) electrons. The first-order chi connectivity index (χ1) is 7.11. The van der Waals surface area contributed by atoms with Crippen LogP contribution in [0.4, 0.5) is 0 Å². The maximum absolute atomic E-state index is 6.04. The highest BCUT2D eigenvalue weighted by Gasteiger charge is 2.13. The molecule has 0 amide bonds. The molecule has 0 N–H and O–H groups in total. The second-order valence-corrected chi connectivity index (χ2v) is 3.84. The van der Waals surface area contributed by atoms with Crippen LogP contribution in [-0.4, -0.2) is 20.0 Å². The van der Waals surface area contributed by atoms with Crippen molar-refractivity contribution >= 4 is 23.2 Å². The highest BCUT2D eigenvalue weighted by molar-refractivity contribution is 6.32.